The molecule has 0 bridgehead atoms. The molecular weight excluding hydrogens is 423 g/mol. The molecule has 2 N–H and O–H groups in total. The molecule has 6 heteroatoms. The van der Waals surface area contributed by atoms with E-state index in [0.717, 1.165) is 29.1 Å². The molecule has 2 aromatic carbocycles. The van der Waals surface area contributed by atoms with Gasteiger partial charge in [-0.15, -0.1) is 0 Å². The lowest BCUT2D eigenvalue weighted by molar-refractivity contribution is -0.137. The number of rotatable bonds is 6. The number of benzene rings is 2. The second-order valence-corrected chi connectivity index (χ2v) is 8.62. The van der Waals surface area contributed by atoms with Crippen LogP contribution in [0, 0.1) is 5.92 Å². The van der Waals surface area contributed by atoms with Crippen molar-refractivity contribution in [3.05, 3.63) is 77.0 Å². The van der Waals surface area contributed by atoms with Crippen molar-refractivity contribution in [3.8, 4) is 0 Å². The summed E-state index contributed by atoms with van der Waals surface area (Å²) in [7, 11) is 0. The molecule has 1 aliphatic heterocycles. The summed E-state index contributed by atoms with van der Waals surface area (Å²) in [5.41, 5.74) is 2.45. The van der Waals surface area contributed by atoms with E-state index in [1.807, 2.05) is 31.2 Å². The van der Waals surface area contributed by atoms with Crippen molar-refractivity contribution in [2.45, 2.75) is 72.6 Å². The third kappa shape index (κ3) is 8.26. The van der Waals surface area contributed by atoms with E-state index in [9.17, 15) is 13.2 Å². The molecule has 0 aliphatic carbocycles. The van der Waals surface area contributed by atoms with Crippen LogP contribution in [0.3, 0.4) is 0 Å². The Labute approximate surface area is 196 Å². The summed E-state index contributed by atoms with van der Waals surface area (Å²) in [5.74, 6) is 1.01. The number of halogens is 3. The van der Waals surface area contributed by atoms with Crippen LogP contribution in [0.2, 0.25) is 0 Å². The highest BCUT2D eigenvalue weighted by Gasteiger charge is 2.31. The van der Waals surface area contributed by atoms with Crippen LogP contribution in [0.25, 0.3) is 0 Å². The minimum Gasteiger partial charge on any atom is -0.359 e. The van der Waals surface area contributed by atoms with Crippen LogP contribution in [0.4, 0.5) is 18.9 Å². The van der Waals surface area contributed by atoms with Gasteiger partial charge < -0.3 is 10.6 Å². The van der Waals surface area contributed by atoms with Crippen molar-refractivity contribution in [2.24, 2.45) is 10.9 Å². The average Bonchev–Trinajstić information content (AvgIpc) is 2.77. The summed E-state index contributed by atoms with van der Waals surface area (Å²) < 4.78 is 39.2. The molecule has 1 heterocycles. The number of hydrogen-bond donors (Lipinski definition) is 2. The fraction of sp³-hybridized carbons (Fsp3) is 0.444. The number of fused-ring (bicyclic) bond motifs is 1. The van der Waals surface area contributed by atoms with Crippen LogP contribution in [0.15, 0.2) is 65.3 Å². The Morgan fingerprint density at radius 3 is 2.33 bits per heavy atom. The molecule has 1 unspecified atom stereocenters. The summed E-state index contributed by atoms with van der Waals surface area (Å²) in [6.45, 7) is 10.6. The van der Waals surface area contributed by atoms with E-state index in [4.69, 9.17) is 0 Å². The zero-order chi connectivity index (χ0) is 24.4. The number of hydrogen-bond acceptors (Lipinski definition) is 3. The molecule has 0 fully saturated rings. The number of allylic oxidation sites excluding steroid dienone is 2. The van der Waals surface area contributed by atoms with Crippen LogP contribution < -0.4 is 10.6 Å². The number of alkyl halides is 3. The first-order valence-corrected chi connectivity index (χ1v) is 11.7. The van der Waals surface area contributed by atoms with Crippen molar-refractivity contribution < 1.29 is 13.2 Å². The van der Waals surface area contributed by atoms with Gasteiger partial charge in [0.05, 0.1) is 5.56 Å². The molecule has 0 saturated carbocycles. The molecule has 180 valence electrons. The molecule has 33 heavy (non-hydrogen) atoms. The third-order valence-corrected chi connectivity index (χ3v) is 5.12. The van der Waals surface area contributed by atoms with Crippen LogP contribution in [-0.4, -0.2) is 5.84 Å². The van der Waals surface area contributed by atoms with Gasteiger partial charge in [-0.25, -0.2) is 4.99 Å². The molecule has 3 nitrogen and oxygen atoms in total. The number of anilines is 1. The molecule has 0 saturated heterocycles. The Morgan fingerprint density at radius 2 is 1.73 bits per heavy atom. The Balaban J connectivity index is 0.000000569. The lowest BCUT2D eigenvalue weighted by atomic mass is 10.0. The van der Waals surface area contributed by atoms with Gasteiger partial charge in [-0.3, -0.25) is 0 Å². The highest BCUT2D eigenvalue weighted by molar-refractivity contribution is 6.05. The average molecular weight is 460 g/mol. The van der Waals surface area contributed by atoms with Gasteiger partial charge in [0.2, 0.25) is 0 Å². The normalized spacial score (nSPS) is 15.7. The van der Waals surface area contributed by atoms with Gasteiger partial charge in [0.25, 0.3) is 0 Å². The quantitative estimate of drug-likeness (QED) is 0.426. The minimum absolute atomic E-state index is 0.370. The fourth-order valence-electron chi connectivity index (χ4n) is 3.56. The molecule has 0 spiro atoms. The van der Waals surface area contributed by atoms with Crippen LogP contribution >= 0.6 is 0 Å². The lowest BCUT2D eigenvalue weighted by Gasteiger charge is -2.27. The molecule has 0 aromatic heterocycles. The first-order valence-electron chi connectivity index (χ1n) is 11.7. The van der Waals surface area contributed by atoms with Crippen molar-refractivity contribution in [2.75, 3.05) is 5.32 Å². The number of amidine groups is 1. The summed E-state index contributed by atoms with van der Waals surface area (Å²) in [6.07, 6.45) is 2.63. The van der Waals surface area contributed by atoms with Gasteiger partial charge in [0.1, 0.15) is 12.0 Å². The van der Waals surface area contributed by atoms with Crippen LogP contribution in [0.1, 0.15) is 83.2 Å². The highest BCUT2D eigenvalue weighted by Crippen LogP contribution is 2.34. The van der Waals surface area contributed by atoms with Gasteiger partial charge >= 0.3 is 6.18 Å². The molecule has 3 rings (SSSR count). The summed E-state index contributed by atoms with van der Waals surface area (Å²) in [6, 6.07) is 12.9. The van der Waals surface area contributed by atoms with Crippen molar-refractivity contribution >= 4 is 11.5 Å². The molecule has 2 aromatic rings. The minimum atomic E-state index is -4.38. The first-order chi connectivity index (χ1) is 15.7. The molecule has 1 atom stereocenters. The van der Waals surface area contributed by atoms with Crippen LogP contribution in [0.5, 0.6) is 0 Å². The first kappa shape index (κ1) is 26.5. The van der Waals surface area contributed by atoms with E-state index in [0.29, 0.717) is 17.3 Å². The van der Waals surface area contributed by atoms with E-state index in [-0.39, 0.29) is 0 Å². The lowest BCUT2D eigenvalue weighted by Crippen LogP contribution is -2.30. The topological polar surface area (TPSA) is 36.4 Å². The van der Waals surface area contributed by atoms with E-state index in [1.54, 1.807) is 6.07 Å². The maximum Gasteiger partial charge on any atom is 0.416 e. The maximum atomic E-state index is 13.1. The smallest absolute Gasteiger partial charge is 0.359 e. The largest absolute Gasteiger partial charge is 0.416 e. The summed E-state index contributed by atoms with van der Waals surface area (Å²) >= 11 is 0. The van der Waals surface area contributed by atoms with E-state index < -0.39 is 17.9 Å². The standard InChI is InChI=1S/C21H22F3N3.C6H14/c1-13(2)11-14(3)25-20-17-9-4-5-10-18(17)26-19(27-20)15-7-6-8-16(12-15)21(22,23)24;1-3-5-6-4-2/h4-13,19,26H,1-3H3,(H,25,27);3-6H2,1-2H3/b14-11+;. The second-order valence-electron chi connectivity index (χ2n) is 8.62. The maximum absolute atomic E-state index is 13.1. The SMILES string of the molecule is C/C(=C\C(C)C)NC1=NC(c2cccc(C(F)(F)F)c2)Nc2ccccc21.CCCCCC. The van der Waals surface area contributed by atoms with E-state index >= 15 is 0 Å². The molecule has 1 aliphatic rings. The van der Waals surface area contributed by atoms with Gasteiger partial charge in [-0.05, 0) is 42.7 Å². The summed E-state index contributed by atoms with van der Waals surface area (Å²) in [4.78, 5) is 4.65. The van der Waals surface area contributed by atoms with Gasteiger partial charge in [-0.1, -0.05) is 83.7 Å². The second kappa shape index (κ2) is 12.5. The number of para-hydroxylation sites is 1. The zero-order valence-electron chi connectivity index (χ0n) is 20.3. The number of nitrogens with zero attached hydrogens (tertiary/aromatic N) is 1. The third-order valence-electron chi connectivity index (χ3n) is 5.12. The fourth-order valence-corrected chi connectivity index (χ4v) is 3.56. The predicted octanol–water partition coefficient (Wildman–Crippen LogP) is 8.31. The Morgan fingerprint density at radius 1 is 1.06 bits per heavy atom. The van der Waals surface area contributed by atoms with Gasteiger partial charge in [0, 0.05) is 16.9 Å². The zero-order valence-corrected chi connectivity index (χ0v) is 20.3. The number of nitrogens with one attached hydrogen (secondary N) is 2. The van der Waals surface area contributed by atoms with E-state index in [2.05, 4.69) is 49.4 Å². The van der Waals surface area contributed by atoms with Gasteiger partial charge in [-0.2, -0.15) is 13.2 Å². The molecule has 0 radical (unpaired) electrons. The Kier molecular flexibility index (Phi) is 10.0. The number of aliphatic imine (C=N–C) groups is 1. The Bertz CT molecular complexity index is 942. The van der Waals surface area contributed by atoms with Crippen LogP contribution in [-0.2, 0) is 6.18 Å². The Hall–Kier alpha value is -2.76. The van der Waals surface area contributed by atoms with Crippen molar-refractivity contribution in [3.63, 3.8) is 0 Å². The predicted molar refractivity (Wildman–Crippen MR) is 132 cm³/mol. The number of unbranched alkanes of at least 4 members (excludes halogenated alkanes) is 3. The van der Waals surface area contributed by atoms with Gasteiger partial charge in [0.15, 0.2) is 0 Å². The molecule has 0 amide bonds. The monoisotopic (exact) mass is 459 g/mol. The summed E-state index contributed by atoms with van der Waals surface area (Å²) in [5, 5.41) is 6.52. The van der Waals surface area contributed by atoms with E-state index in [1.165, 1.54) is 31.7 Å². The van der Waals surface area contributed by atoms with Crippen molar-refractivity contribution in [1.82, 2.24) is 5.32 Å². The molecular formula is C27H36F3N3. The highest BCUT2D eigenvalue weighted by atomic mass is 19.4. The van der Waals surface area contributed by atoms with Crippen molar-refractivity contribution in [1.29, 1.82) is 0 Å².